The first kappa shape index (κ1) is 13.8. The van der Waals surface area contributed by atoms with Crippen LogP contribution < -0.4 is 4.90 Å². The Morgan fingerprint density at radius 3 is 2.64 bits per heavy atom. The van der Waals surface area contributed by atoms with Gasteiger partial charge in [-0.1, -0.05) is 18.2 Å². The number of nitriles is 1. The molecule has 1 aromatic carbocycles. The molecule has 0 N–H and O–H groups in total. The Morgan fingerprint density at radius 2 is 1.95 bits per heavy atom. The maximum absolute atomic E-state index is 12.3. The molecule has 3 rings (SSSR count). The van der Waals surface area contributed by atoms with E-state index in [2.05, 4.69) is 5.10 Å². The molecule has 0 unspecified atom stereocenters. The molecule has 1 saturated heterocycles. The highest BCUT2D eigenvalue weighted by atomic mass is 16.2. The van der Waals surface area contributed by atoms with E-state index in [-0.39, 0.29) is 25.0 Å². The normalized spacial score (nSPS) is 14.5. The number of hydrogen-bond acceptors (Lipinski definition) is 4. The molecule has 1 fully saturated rings. The molecule has 110 valence electrons. The molecule has 7 heteroatoms. The average Bonchev–Trinajstić information content (AvgIpc) is 3.11. The molecule has 2 heterocycles. The van der Waals surface area contributed by atoms with Crippen molar-refractivity contribution in [2.24, 2.45) is 0 Å². The van der Waals surface area contributed by atoms with Gasteiger partial charge in [0.1, 0.15) is 12.6 Å². The van der Waals surface area contributed by atoms with Crippen molar-refractivity contribution in [1.29, 1.82) is 5.26 Å². The molecule has 2 aromatic rings. The van der Waals surface area contributed by atoms with Gasteiger partial charge in [-0.15, -0.1) is 0 Å². The van der Waals surface area contributed by atoms with Gasteiger partial charge in [-0.05, 0) is 12.1 Å². The van der Waals surface area contributed by atoms with Crippen LogP contribution in [0.4, 0.5) is 10.5 Å². The number of nitrogens with zero attached hydrogens (tertiary/aromatic N) is 5. The Balaban J connectivity index is 1.68. The molecule has 1 aromatic heterocycles. The van der Waals surface area contributed by atoms with Crippen molar-refractivity contribution >= 4 is 17.6 Å². The van der Waals surface area contributed by atoms with E-state index in [0.717, 1.165) is 0 Å². The fourth-order valence-electron chi connectivity index (χ4n) is 2.32. The third-order valence-electron chi connectivity index (χ3n) is 3.44. The molecule has 0 aliphatic carbocycles. The monoisotopic (exact) mass is 295 g/mol. The number of amides is 3. The summed E-state index contributed by atoms with van der Waals surface area (Å²) >= 11 is 0. The topological polar surface area (TPSA) is 82.2 Å². The van der Waals surface area contributed by atoms with Gasteiger partial charge < -0.3 is 0 Å². The molecular weight excluding hydrogens is 282 g/mol. The standard InChI is InChI=1S/C15H13N5O2/c16-8-12-9-17-18(10-12)6-7-19-14(21)11-20(15(19)22)13-4-2-1-3-5-13/h1-5,9-10H,6-7,11H2. The fourth-order valence-corrected chi connectivity index (χ4v) is 2.32. The second kappa shape index (κ2) is 5.69. The SMILES string of the molecule is N#Cc1cnn(CCN2C(=O)CN(c3ccccc3)C2=O)c1. The minimum absolute atomic E-state index is 0.0470. The molecule has 1 aliphatic rings. The summed E-state index contributed by atoms with van der Waals surface area (Å²) in [5.74, 6) is -0.235. The van der Waals surface area contributed by atoms with Gasteiger partial charge >= 0.3 is 6.03 Å². The summed E-state index contributed by atoms with van der Waals surface area (Å²) in [5.41, 5.74) is 1.15. The number of para-hydroxylation sites is 1. The first-order valence-electron chi connectivity index (χ1n) is 6.78. The number of carbonyl (C=O) groups excluding carboxylic acids is 2. The number of rotatable bonds is 4. The first-order chi connectivity index (χ1) is 10.7. The largest absolute Gasteiger partial charge is 0.331 e. The zero-order chi connectivity index (χ0) is 15.5. The van der Waals surface area contributed by atoms with Crippen LogP contribution in [-0.4, -0.2) is 39.7 Å². The van der Waals surface area contributed by atoms with Gasteiger partial charge in [-0.3, -0.25) is 19.3 Å². The summed E-state index contributed by atoms with van der Waals surface area (Å²) in [6.45, 7) is 0.640. The number of carbonyl (C=O) groups is 2. The highest BCUT2D eigenvalue weighted by Gasteiger charge is 2.36. The van der Waals surface area contributed by atoms with Crippen LogP contribution in [0.1, 0.15) is 5.56 Å². The number of urea groups is 1. The Morgan fingerprint density at radius 1 is 1.18 bits per heavy atom. The highest BCUT2D eigenvalue weighted by Crippen LogP contribution is 2.20. The second-order valence-electron chi connectivity index (χ2n) is 4.85. The predicted octanol–water partition coefficient (Wildman–Crippen LogP) is 1.22. The van der Waals surface area contributed by atoms with Crippen LogP contribution >= 0.6 is 0 Å². The third-order valence-corrected chi connectivity index (χ3v) is 3.44. The number of imide groups is 1. The number of hydrogen-bond donors (Lipinski definition) is 0. The first-order valence-corrected chi connectivity index (χ1v) is 6.78. The zero-order valence-corrected chi connectivity index (χ0v) is 11.7. The van der Waals surface area contributed by atoms with E-state index in [1.54, 1.807) is 23.0 Å². The zero-order valence-electron chi connectivity index (χ0n) is 11.7. The van der Waals surface area contributed by atoms with Crippen LogP contribution in [0.5, 0.6) is 0 Å². The molecule has 7 nitrogen and oxygen atoms in total. The van der Waals surface area contributed by atoms with Gasteiger partial charge in [0.25, 0.3) is 5.91 Å². The van der Waals surface area contributed by atoms with E-state index in [0.29, 0.717) is 17.8 Å². The van der Waals surface area contributed by atoms with Crippen molar-refractivity contribution in [2.45, 2.75) is 6.54 Å². The average molecular weight is 295 g/mol. The van der Waals surface area contributed by atoms with Crippen LogP contribution in [0.3, 0.4) is 0 Å². The fraction of sp³-hybridized carbons (Fsp3) is 0.200. The number of aromatic nitrogens is 2. The van der Waals surface area contributed by atoms with Crippen molar-refractivity contribution in [2.75, 3.05) is 18.0 Å². The highest BCUT2D eigenvalue weighted by molar-refractivity contribution is 6.12. The Labute approximate surface area is 127 Å². The maximum Gasteiger partial charge on any atom is 0.331 e. The molecule has 0 saturated carbocycles. The lowest BCUT2D eigenvalue weighted by molar-refractivity contribution is -0.124. The molecule has 1 aliphatic heterocycles. The summed E-state index contributed by atoms with van der Waals surface area (Å²) in [6.07, 6.45) is 3.03. The van der Waals surface area contributed by atoms with Gasteiger partial charge in [-0.2, -0.15) is 10.4 Å². The molecule has 3 amide bonds. The van der Waals surface area contributed by atoms with Gasteiger partial charge in [0.15, 0.2) is 0 Å². The van der Waals surface area contributed by atoms with Crippen molar-refractivity contribution in [3.8, 4) is 6.07 Å². The van der Waals surface area contributed by atoms with Gasteiger partial charge in [-0.25, -0.2) is 4.79 Å². The molecule has 0 atom stereocenters. The lowest BCUT2D eigenvalue weighted by Crippen LogP contribution is -2.35. The molecular formula is C15H13N5O2. The summed E-state index contributed by atoms with van der Waals surface area (Å²) in [4.78, 5) is 27.0. The molecule has 22 heavy (non-hydrogen) atoms. The maximum atomic E-state index is 12.3. The number of anilines is 1. The smallest absolute Gasteiger partial charge is 0.285 e. The van der Waals surface area contributed by atoms with Gasteiger partial charge in [0, 0.05) is 11.9 Å². The van der Waals surface area contributed by atoms with Gasteiger partial charge in [0.05, 0.1) is 24.8 Å². The third kappa shape index (κ3) is 2.54. The number of benzene rings is 1. The summed E-state index contributed by atoms with van der Waals surface area (Å²) in [5, 5.41) is 12.8. The van der Waals surface area contributed by atoms with Crippen LogP contribution in [-0.2, 0) is 11.3 Å². The molecule has 0 bridgehead atoms. The summed E-state index contributed by atoms with van der Waals surface area (Å²) < 4.78 is 1.55. The van der Waals surface area contributed by atoms with E-state index < -0.39 is 0 Å². The van der Waals surface area contributed by atoms with E-state index in [1.807, 2.05) is 24.3 Å². The Hall–Kier alpha value is -3.14. The van der Waals surface area contributed by atoms with Crippen molar-refractivity contribution in [3.63, 3.8) is 0 Å². The van der Waals surface area contributed by atoms with Crippen LogP contribution in [0.25, 0.3) is 0 Å². The summed E-state index contributed by atoms with van der Waals surface area (Å²) in [7, 11) is 0. The minimum Gasteiger partial charge on any atom is -0.285 e. The van der Waals surface area contributed by atoms with E-state index in [9.17, 15) is 9.59 Å². The van der Waals surface area contributed by atoms with E-state index in [1.165, 1.54) is 16.0 Å². The second-order valence-corrected chi connectivity index (χ2v) is 4.85. The predicted molar refractivity (Wildman–Crippen MR) is 77.8 cm³/mol. The molecule has 0 radical (unpaired) electrons. The quantitative estimate of drug-likeness (QED) is 0.794. The summed E-state index contributed by atoms with van der Waals surface area (Å²) in [6, 6.07) is 10.7. The van der Waals surface area contributed by atoms with Gasteiger partial charge in [0.2, 0.25) is 0 Å². The Bertz CT molecular complexity index is 747. The van der Waals surface area contributed by atoms with Crippen LogP contribution in [0, 0.1) is 11.3 Å². The lowest BCUT2D eigenvalue weighted by Gasteiger charge is -2.17. The van der Waals surface area contributed by atoms with Crippen molar-refractivity contribution in [3.05, 3.63) is 48.3 Å². The van der Waals surface area contributed by atoms with E-state index in [4.69, 9.17) is 5.26 Å². The Kier molecular flexibility index (Phi) is 3.58. The van der Waals surface area contributed by atoms with E-state index >= 15 is 0 Å². The van der Waals surface area contributed by atoms with Crippen LogP contribution in [0.15, 0.2) is 42.7 Å². The van der Waals surface area contributed by atoms with Crippen LogP contribution in [0.2, 0.25) is 0 Å². The lowest BCUT2D eigenvalue weighted by atomic mass is 10.3. The molecule has 0 spiro atoms. The van der Waals surface area contributed by atoms with Crippen molar-refractivity contribution in [1.82, 2.24) is 14.7 Å². The minimum atomic E-state index is -0.330. The van der Waals surface area contributed by atoms with Crippen molar-refractivity contribution < 1.29 is 9.59 Å².